The van der Waals surface area contributed by atoms with Crippen LogP contribution in [0.25, 0.3) is 0 Å². The molecule has 5 nitrogen and oxygen atoms in total. The highest BCUT2D eigenvalue weighted by atomic mass is 16.5. The van der Waals surface area contributed by atoms with Crippen molar-refractivity contribution >= 4 is 0 Å². The van der Waals surface area contributed by atoms with Crippen molar-refractivity contribution in [2.45, 2.75) is 6.17 Å². The topological polar surface area (TPSA) is 44.9 Å². The van der Waals surface area contributed by atoms with Gasteiger partial charge in [0.05, 0.1) is 7.11 Å². The molecule has 2 aromatic heterocycles. The molecule has 0 saturated heterocycles. The molecule has 0 fully saturated rings. The Kier molecular flexibility index (Phi) is 3.02. The van der Waals surface area contributed by atoms with Gasteiger partial charge in [-0.25, -0.2) is 9.36 Å². The van der Waals surface area contributed by atoms with Crippen LogP contribution in [0.5, 0.6) is 5.75 Å². The summed E-state index contributed by atoms with van der Waals surface area (Å²) in [5, 5.41) is 8.65. The van der Waals surface area contributed by atoms with E-state index in [1.165, 1.54) is 0 Å². The van der Waals surface area contributed by atoms with Crippen molar-refractivity contribution in [1.82, 2.24) is 19.6 Å². The summed E-state index contributed by atoms with van der Waals surface area (Å²) in [6, 6.07) is 11.7. The molecule has 96 valence electrons. The maximum atomic E-state index is 5.44. The van der Waals surface area contributed by atoms with Crippen LogP contribution < -0.4 is 4.74 Å². The molecule has 0 N–H and O–H groups in total. The van der Waals surface area contributed by atoms with Gasteiger partial charge < -0.3 is 4.74 Å². The van der Waals surface area contributed by atoms with E-state index in [1.54, 1.807) is 19.5 Å². The van der Waals surface area contributed by atoms with Crippen LogP contribution in [-0.4, -0.2) is 26.7 Å². The number of hydrogen-bond donors (Lipinski definition) is 0. The minimum absolute atomic E-state index is 0.152. The number of aromatic nitrogens is 4. The maximum absolute atomic E-state index is 5.44. The average molecular weight is 254 g/mol. The number of para-hydroxylation sites is 1. The van der Waals surface area contributed by atoms with Crippen LogP contribution in [0.15, 0.2) is 61.2 Å². The average Bonchev–Trinajstić information content (AvgIpc) is 3.13. The van der Waals surface area contributed by atoms with E-state index in [4.69, 9.17) is 4.74 Å². The minimum Gasteiger partial charge on any atom is -0.496 e. The van der Waals surface area contributed by atoms with E-state index < -0.39 is 0 Å². The van der Waals surface area contributed by atoms with Gasteiger partial charge in [0.1, 0.15) is 5.75 Å². The van der Waals surface area contributed by atoms with E-state index in [0.29, 0.717) is 0 Å². The standard InChI is InChI=1S/C14H14N4O/c1-19-13-7-3-2-6-12(13)14(17-10-4-8-15-17)18-11-5-9-16-18/h2-11,14H,1H3. The molecule has 0 spiro atoms. The third-order valence-electron chi connectivity index (χ3n) is 2.97. The van der Waals surface area contributed by atoms with Crippen LogP contribution in [0, 0.1) is 0 Å². The van der Waals surface area contributed by atoms with Crippen LogP contribution in [0.3, 0.4) is 0 Å². The summed E-state index contributed by atoms with van der Waals surface area (Å²) < 4.78 is 9.14. The molecule has 1 aromatic carbocycles. The van der Waals surface area contributed by atoms with Crippen molar-refractivity contribution in [2.24, 2.45) is 0 Å². The smallest absolute Gasteiger partial charge is 0.172 e. The summed E-state index contributed by atoms with van der Waals surface area (Å²) in [6.45, 7) is 0. The van der Waals surface area contributed by atoms with Gasteiger partial charge in [0.25, 0.3) is 0 Å². The first-order valence-corrected chi connectivity index (χ1v) is 6.01. The van der Waals surface area contributed by atoms with Crippen molar-refractivity contribution in [3.05, 3.63) is 66.7 Å². The van der Waals surface area contributed by atoms with Crippen LogP contribution in [0.1, 0.15) is 11.7 Å². The molecule has 3 aromatic rings. The van der Waals surface area contributed by atoms with Gasteiger partial charge in [0.15, 0.2) is 6.17 Å². The van der Waals surface area contributed by atoms with E-state index >= 15 is 0 Å². The Hall–Kier alpha value is -2.56. The normalized spacial score (nSPS) is 10.8. The lowest BCUT2D eigenvalue weighted by molar-refractivity contribution is 0.372. The lowest BCUT2D eigenvalue weighted by Gasteiger charge is -2.20. The third kappa shape index (κ3) is 2.10. The van der Waals surface area contributed by atoms with Crippen LogP contribution in [0.2, 0.25) is 0 Å². The maximum Gasteiger partial charge on any atom is 0.172 e. The molecule has 0 atom stereocenters. The summed E-state index contributed by atoms with van der Waals surface area (Å²) in [7, 11) is 1.67. The molecule has 0 amide bonds. The fraction of sp³-hybridized carbons (Fsp3) is 0.143. The molecule has 19 heavy (non-hydrogen) atoms. The van der Waals surface area contributed by atoms with Crippen LogP contribution >= 0.6 is 0 Å². The van der Waals surface area contributed by atoms with E-state index in [0.717, 1.165) is 11.3 Å². The second kappa shape index (κ2) is 4.97. The van der Waals surface area contributed by atoms with Gasteiger partial charge in [-0.2, -0.15) is 10.2 Å². The second-order valence-electron chi connectivity index (χ2n) is 4.09. The molecule has 0 aliphatic heterocycles. The SMILES string of the molecule is COc1ccccc1C(n1cccn1)n1cccn1. The Morgan fingerprint density at radius 3 is 2.11 bits per heavy atom. The molecule has 0 radical (unpaired) electrons. The van der Waals surface area contributed by atoms with Crippen molar-refractivity contribution < 1.29 is 4.74 Å². The third-order valence-corrected chi connectivity index (χ3v) is 2.97. The summed E-state index contributed by atoms with van der Waals surface area (Å²) in [4.78, 5) is 0. The Bertz CT molecular complexity index is 597. The highest BCUT2D eigenvalue weighted by Crippen LogP contribution is 2.28. The van der Waals surface area contributed by atoms with E-state index in [1.807, 2.05) is 58.2 Å². The zero-order valence-corrected chi connectivity index (χ0v) is 10.5. The fourth-order valence-electron chi connectivity index (χ4n) is 2.14. The van der Waals surface area contributed by atoms with Gasteiger partial charge in [-0.15, -0.1) is 0 Å². The largest absolute Gasteiger partial charge is 0.496 e. The first kappa shape index (κ1) is 11.5. The van der Waals surface area contributed by atoms with Gasteiger partial charge in [0, 0.05) is 30.4 Å². The lowest BCUT2D eigenvalue weighted by atomic mass is 10.1. The lowest BCUT2D eigenvalue weighted by Crippen LogP contribution is -2.21. The Morgan fingerprint density at radius 1 is 0.947 bits per heavy atom. The van der Waals surface area contributed by atoms with Crippen LogP contribution in [-0.2, 0) is 0 Å². The summed E-state index contributed by atoms with van der Waals surface area (Å²) in [6.07, 6.45) is 7.19. The number of ether oxygens (including phenoxy) is 1. The molecule has 3 rings (SSSR count). The van der Waals surface area contributed by atoms with E-state index in [2.05, 4.69) is 10.2 Å². The van der Waals surface area contributed by atoms with E-state index in [9.17, 15) is 0 Å². The number of methoxy groups -OCH3 is 1. The molecule has 0 aliphatic carbocycles. The molecule has 2 heterocycles. The summed E-state index contributed by atoms with van der Waals surface area (Å²) in [5.41, 5.74) is 1.01. The zero-order valence-electron chi connectivity index (χ0n) is 10.5. The molecular formula is C14H14N4O. The first-order chi connectivity index (χ1) is 9.40. The molecule has 0 bridgehead atoms. The number of benzene rings is 1. The quantitative estimate of drug-likeness (QED) is 0.717. The van der Waals surface area contributed by atoms with Crippen LogP contribution in [0.4, 0.5) is 0 Å². The molecule has 0 unspecified atom stereocenters. The number of hydrogen-bond acceptors (Lipinski definition) is 3. The predicted molar refractivity (Wildman–Crippen MR) is 71.0 cm³/mol. The fourth-order valence-corrected chi connectivity index (χ4v) is 2.14. The summed E-state index contributed by atoms with van der Waals surface area (Å²) in [5.74, 6) is 0.818. The van der Waals surface area contributed by atoms with Crippen molar-refractivity contribution in [2.75, 3.05) is 7.11 Å². The molecule has 5 heteroatoms. The number of nitrogens with zero attached hydrogens (tertiary/aromatic N) is 4. The first-order valence-electron chi connectivity index (χ1n) is 6.01. The van der Waals surface area contributed by atoms with Crippen molar-refractivity contribution in [3.63, 3.8) is 0 Å². The molecular weight excluding hydrogens is 240 g/mol. The predicted octanol–water partition coefficient (Wildman–Crippen LogP) is 2.18. The zero-order chi connectivity index (χ0) is 13.1. The minimum atomic E-state index is -0.152. The van der Waals surface area contributed by atoms with Gasteiger partial charge in [-0.05, 0) is 18.2 Å². The Labute approximate surface area is 111 Å². The Morgan fingerprint density at radius 2 is 1.58 bits per heavy atom. The highest BCUT2D eigenvalue weighted by Gasteiger charge is 2.19. The second-order valence-corrected chi connectivity index (χ2v) is 4.09. The summed E-state index contributed by atoms with van der Waals surface area (Å²) >= 11 is 0. The highest BCUT2D eigenvalue weighted by molar-refractivity contribution is 5.36. The Balaban J connectivity index is 2.15. The molecule has 0 aliphatic rings. The van der Waals surface area contributed by atoms with E-state index in [-0.39, 0.29) is 6.17 Å². The van der Waals surface area contributed by atoms with Gasteiger partial charge in [0.2, 0.25) is 0 Å². The van der Waals surface area contributed by atoms with Gasteiger partial charge >= 0.3 is 0 Å². The monoisotopic (exact) mass is 254 g/mol. The number of rotatable bonds is 4. The van der Waals surface area contributed by atoms with Gasteiger partial charge in [-0.1, -0.05) is 18.2 Å². The van der Waals surface area contributed by atoms with Gasteiger partial charge in [-0.3, -0.25) is 0 Å². The molecule has 0 saturated carbocycles. The van der Waals surface area contributed by atoms with Crippen molar-refractivity contribution in [1.29, 1.82) is 0 Å². The van der Waals surface area contributed by atoms with Crippen molar-refractivity contribution in [3.8, 4) is 5.75 Å².